The molecule has 22 heavy (non-hydrogen) atoms. The summed E-state index contributed by atoms with van der Waals surface area (Å²) >= 11 is 0. The molecule has 0 atom stereocenters. The second kappa shape index (κ2) is 6.58. The van der Waals surface area contributed by atoms with Crippen LogP contribution in [0.5, 0.6) is 0 Å². The van der Waals surface area contributed by atoms with Crippen molar-refractivity contribution in [1.29, 1.82) is 0 Å². The van der Waals surface area contributed by atoms with Crippen LogP contribution in [0.15, 0.2) is 48.7 Å². The fourth-order valence-corrected chi connectivity index (χ4v) is 2.49. The van der Waals surface area contributed by atoms with Crippen molar-refractivity contribution in [2.75, 3.05) is 43.4 Å². The number of hydrogen-bond acceptors (Lipinski definition) is 4. The molecule has 0 radical (unpaired) electrons. The zero-order valence-corrected chi connectivity index (χ0v) is 12.7. The highest BCUT2D eigenvalue weighted by Crippen LogP contribution is 2.17. The minimum Gasteiger partial charge on any atom is -0.368 e. The van der Waals surface area contributed by atoms with Crippen LogP contribution in [0, 0.1) is 0 Å². The second-order valence-corrected chi connectivity index (χ2v) is 5.51. The van der Waals surface area contributed by atoms with Crippen LogP contribution in [0.4, 0.5) is 11.5 Å². The van der Waals surface area contributed by atoms with E-state index in [2.05, 4.69) is 27.1 Å². The maximum Gasteiger partial charge on any atom is 0.256 e. The molecule has 0 saturated carbocycles. The third kappa shape index (κ3) is 3.43. The molecule has 1 aromatic heterocycles. The van der Waals surface area contributed by atoms with Gasteiger partial charge in [-0.1, -0.05) is 18.2 Å². The Morgan fingerprint density at radius 2 is 1.77 bits per heavy atom. The van der Waals surface area contributed by atoms with Crippen molar-refractivity contribution >= 4 is 17.4 Å². The number of amides is 1. The lowest BCUT2D eigenvalue weighted by Gasteiger charge is -2.33. The number of nitrogens with zero attached hydrogens (tertiary/aromatic N) is 3. The van der Waals surface area contributed by atoms with E-state index < -0.39 is 0 Å². The van der Waals surface area contributed by atoms with E-state index in [0.717, 1.165) is 31.9 Å². The number of pyridine rings is 1. The van der Waals surface area contributed by atoms with Gasteiger partial charge in [0.05, 0.1) is 11.9 Å². The highest BCUT2D eigenvalue weighted by Gasteiger charge is 2.14. The lowest BCUT2D eigenvalue weighted by Crippen LogP contribution is -2.44. The molecule has 1 aliphatic rings. The standard InChI is InChI=1S/C17H20N4O/c1-20-9-11-21(12-10-20)15-7-8-16(18-13-15)19-17(22)14-5-3-2-4-6-14/h2-8,13H,9-12H2,1H3,(H,18,19,22). The summed E-state index contributed by atoms with van der Waals surface area (Å²) < 4.78 is 0. The molecule has 3 rings (SSSR count). The smallest absolute Gasteiger partial charge is 0.256 e. The Balaban J connectivity index is 1.63. The molecule has 5 nitrogen and oxygen atoms in total. The third-order valence-electron chi connectivity index (χ3n) is 3.89. The molecule has 1 saturated heterocycles. The van der Waals surface area contributed by atoms with Crippen molar-refractivity contribution in [2.24, 2.45) is 0 Å². The molecule has 2 aromatic rings. The first-order chi connectivity index (χ1) is 10.7. The molecule has 1 amide bonds. The van der Waals surface area contributed by atoms with Crippen LogP contribution in [0.3, 0.4) is 0 Å². The first kappa shape index (κ1) is 14.5. The SMILES string of the molecule is CN1CCN(c2ccc(NC(=O)c3ccccc3)nc2)CC1. The molecule has 1 aromatic carbocycles. The van der Waals surface area contributed by atoms with Gasteiger partial charge in [0.25, 0.3) is 5.91 Å². The van der Waals surface area contributed by atoms with Crippen molar-refractivity contribution in [2.45, 2.75) is 0 Å². The minimum absolute atomic E-state index is 0.138. The number of piperazine rings is 1. The summed E-state index contributed by atoms with van der Waals surface area (Å²) in [5.41, 5.74) is 1.73. The Morgan fingerprint density at radius 3 is 2.41 bits per heavy atom. The molecule has 1 aliphatic heterocycles. The van der Waals surface area contributed by atoms with Gasteiger partial charge in [-0.05, 0) is 31.3 Å². The predicted molar refractivity (Wildman–Crippen MR) is 88.3 cm³/mol. The Kier molecular flexibility index (Phi) is 4.34. The number of anilines is 2. The largest absolute Gasteiger partial charge is 0.368 e. The van der Waals surface area contributed by atoms with E-state index >= 15 is 0 Å². The van der Waals surface area contributed by atoms with Crippen molar-refractivity contribution in [3.05, 3.63) is 54.2 Å². The number of aromatic nitrogens is 1. The van der Waals surface area contributed by atoms with Gasteiger partial charge in [-0.15, -0.1) is 0 Å². The monoisotopic (exact) mass is 296 g/mol. The number of carbonyl (C=O) groups is 1. The maximum absolute atomic E-state index is 12.1. The van der Waals surface area contributed by atoms with Crippen LogP contribution in [-0.2, 0) is 0 Å². The minimum atomic E-state index is -0.138. The molecular formula is C17H20N4O. The number of nitrogens with one attached hydrogen (secondary N) is 1. The topological polar surface area (TPSA) is 48.5 Å². The molecule has 0 bridgehead atoms. The summed E-state index contributed by atoms with van der Waals surface area (Å²) in [7, 11) is 2.14. The molecular weight excluding hydrogens is 276 g/mol. The summed E-state index contributed by atoms with van der Waals surface area (Å²) in [5, 5.41) is 2.82. The van der Waals surface area contributed by atoms with Crippen molar-refractivity contribution in [1.82, 2.24) is 9.88 Å². The summed E-state index contributed by atoms with van der Waals surface area (Å²) in [4.78, 5) is 21.1. The summed E-state index contributed by atoms with van der Waals surface area (Å²) in [6, 6.07) is 13.0. The molecule has 2 heterocycles. The summed E-state index contributed by atoms with van der Waals surface area (Å²) in [6.07, 6.45) is 1.83. The van der Waals surface area contributed by atoms with Crippen LogP contribution >= 0.6 is 0 Å². The highest BCUT2D eigenvalue weighted by atomic mass is 16.1. The summed E-state index contributed by atoms with van der Waals surface area (Å²) in [6.45, 7) is 4.14. The lowest BCUT2D eigenvalue weighted by atomic mass is 10.2. The average Bonchev–Trinajstić information content (AvgIpc) is 2.57. The van der Waals surface area contributed by atoms with Crippen molar-refractivity contribution in [3.63, 3.8) is 0 Å². The van der Waals surface area contributed by atoms with Crippen LogP contribution in [0.1, 0.15) is 10.4 Å². The van der Waals surface area contributed by atoms with Crippen LogP contribution in [0.25, 0.3) is 0 Å². The number of carbonyl (C=O) groups excluding carboxylic acids is 1. The van der Waals surface area contributed by atoms with E-state index in [4.69, 9.17) is 0 Å². The second-order valence-electron chi connectivity index (χ2n) is 5.51. The van der Waals surface area contributed by atoms with E-state index in [-0.39, 0.29) is 5.91 Å². The summed E-state index contributed by atoms with van der Waals surface area (Å²) in [5.74, 6) is 0.437. The number of hydrogen-bond donors (Lipinski definition) is 1. The molecule has 5 heteroatoms. The third-order valence-corrected chi connectivity index (χ3v) is 3.89. The fraction of sp³-hybridized carbons (Fsp3) is 0.294. The molecule has 1 fully saturated rings. The van der Waals surface area contributed by atoms with Gasteiger partial charge in [0.2, 0.25) is 0 Å². The molecule has 1 N–H and O–H groups in total. The van der Waals surface area contributed by atoms with Crippen LogP contribution in [-0.4, -0.2) is 49.0 Å². The van der Waals surface area contributed by atoms with Gasteiger partial charge in [-0.25, -0.2) is 4.98 Å². The average molecular weight is 296 g/mol. The quantitative estimate of drug-likeness (QED) is 0.942. The van der Waals surface area contributed by atoms with Gasteiger partial charge < -0.3 is 15.1 Å². The van der Waals surface area contributed by atoms with E-state index in [0.29, 0.717) is 11.4 Å². The number of rotatable bonds is 3. The zero-order chi connectivity index (χ0) is 15.4. The maximum atomic E-state index is 12.1. The Labute approximate surface area is 130 Å². The van der Waals surface area contributed by atoms with Gasteiger partial charge >= 0.3 is 0 Å². The highest BCUT2D eigenvalue weighted by molar-refractivity contribution is 6.03. The van der Waals surface area contributed by atoms with Crippen molar-refractivity contribution in [3.8, 4) is 0 Å². The molecule has 0 aliphatic carbocycles. The van der Waals surface area contributed by atoms with Gasteiger partial charge in [0.1, 0.15) is 5.82 Å². The Bertz CT molecular complexity index is 619. The van der Waals surface area contributed by atoms with E-state index in [9.17, 15) is 4.79 Å². The van der Waals surface area contributed by atoms with Gasteiger partial charge in [-0.2, -0.15) is 0 Å². The molecule has 0 spiro atoms. The van der Waals surface area contributed by atoms with E-state index in [1.807, 2.05) is 36.5 Å². The van der Waals surface area contributed by atoms with Gasteiger partial charge in [0, 0.05) is 31.7 Å². The van der Waals surface area contributed by atoms with E-state index in [1.165, 1.54) is 0 Å². The fourth-order valence-electron chi connectivity index (χ4n) is 2.49. The van der Waals surface area contributed by atoms with Crippen molar-refractivity contribution < 1.29 is 4.79 Å². The van der Waals surface area contributed by atoms with Gasteiger partial charge in [-0.3, -0.25) is 4.79 Å². The van der Waals surface area contributed by atoms with E-state index in [1.54, 1.807) is 12.1 Å². The number of likely N-dealkylation sites (N-methyl/N-ethyl adjacent to an activating group) is 1. The van der Waals surface area contributed by atoms with Gasteiger partial charge in [0.15, 0.2) is 0 Å². The molecule has 114 valence electrons. The predicted octanol–water partition coefficient (Wildman–Crippen LogP) is 2.09. The molecule has 0 unspecified atom stereocenters. The Morgan fingerprint density at radius 1 is 1.05 bits per heavy atom. The first-order valence-electron chi connectivity index (χ1n) is 7.48. The normalized spacial score (nSPS) is 15.6. The zero-order valence-electron chi connectivity index (χ0n) is 12.7. The van der Waals surface area contributed by atoms with Crippen LogP contribution in [0.2, 0.25) is 0 Å². The lowest BCUT2D eigenvalue weighted by molar-refractivity contribution is 0.102. The Hall–Kier alpha value is -2.40. The number of benzene rings is 1. The van der Waals surface area contributed by atoms with Crippen LogP contribution < -0.4 is 10.2 Å². The first-order valence-corrected chi connectivity index (χ1v) is 7.48.